The van der Waals surface area contributed by atoms with Crippen LogP contribution in [0.4, 0.5) is 0 Å². The number of nitrogens with zero attached hydrogens (tertiary/aromatic N) is 5. The second-order valence-corrected chi connectivity index (χ2v) is 7.88. The molecule has 0 radical (unpaired) electrons. The van der Waals surface area contributed by atoms with E-state index < -0.39 is 0 Å². The lowest BCUT2D eigenvalue weighted by Gasteiger charge is -2.15. The highest BCUT2D eigenvalue weighted by molar-refractivity contribution is 7.99. The quantitative estimate of drug-likeness (QED) is 0.578. The summed E-state index contributed by atoms with van der Waals surface area (Å²) < 4.78 is 2.06. The van der Waals surface area contributed by atoms with Gasteiger partial charge in [-0.2, -0.15) is 0 Å². The summed E-state index contributed by atoms with van der Waals surface area (Å²) in [5.41, 5.74) is 1.86. The summed E-state index contributed by atoms with van der Waals surface area (Å²) in [6.07, 6.45) is 4.19. The normalized spacial score (nSPS) is 14.2. The van der Waals surface area contributed by atoms with Crippen LogP contribution in [0, 0.1) is 0 Å². The number of hydrogen-bond donors (Lipinski definition) is 1. The molecule has 0 bridgehead atoms. The maximum atomic E-state index is 12.3. The molecule has 0 aliphatic carbocycles. The summed E-state index contributed by atoms with van der Waals surface area (Å²) in [7, 11) is 0. The fourth-order valence-corrected chi connectivity index (χ4v) is 4.15. The van der Waals surface area contributed by atoms with Crippen LogP contribution in [0.15, 0.2) is 59.9 Å². The van der Waals surface area contributed by atoms with Crippen LogP contribution in [0.25, 0.3) is 5.69 Å². The standard InChI is InChI=1S/C21H24N6OS/c28-20(23-14-17-8-4-5-11-22-17)16-29-21-25-24-19(15-26-12-6-7-13-26)27(21)18-9-2-1-3-10-18/h1-5,8-11H,6-7,12-16H2,(H,23,28). The summed E-state index contributed by atoms with van der Waals surface area (Å²) in [4.78, 5) is 18.9. The maximum Gasteiger partial charge on any atom is 0.230 e. The van der Waals surface area contributed by atoms with Crippen molar-refractivity contribution in [1.29, 1.82) is 0 Å². The van der Waals surface area contributed by atoms with E-state index in [0.29, 0.717) is 6.54 Å². The molecular formula is C21H24N6OS. The van der Waals surface area contributed by atoms with Crippen molar-refractivity contribution in [3.8, 4) is 5.69 Å². The van der Waals surface area contributed by atoms with Crippen LogP contribution in [0.2, 0.25) is 0 Å². The topological polar surface area (TPSA) is 75.9 Å². The zero-order chi connectivity index (χ0) is 19.9. The molecule has 0 saturated carbocycles. The van der Waals surface area contributed by atoms with E-state index in [9.17, 15) is 4.79 Å². The summed E-state index contributed by atoms with van der Waals surface area (Å²) >= 11 is 1.40. The van der Waals surface area contributed by atoms with E-state index in [-0.39, 0.29) is 11.7 Å². The zero-order valence-electron chi connectivity index (χ0n) is 16.2. The summed E-state index contributed by atoms with van der Waals surface area (Å²) in [6.45, 7) is 3.39. The molecule has 29 heavy (non-hydrogen) atoms. The molecule has 1 aromatic carbocycles. The van der Waals surface area contributed by atoms with Gasteiger partial charge in [0, 0.05) is 11.9 Å². The van der Waals surface area contributed by atoms with Crippen molar-refractivity contribution < 1.29 is 4.79 Å². The van der Waals surface area contributed by atoms with Crippen LogP contribution >= 0.6 is 11.8 Å². The van der Waals surface area contributed by atoms with Gasteiger partial charge in [-0.05, 0) is 50.2 Å². The Kier molecular flexibility index (Phi) is 6.53. The molecule has 0 unspecified atom stereocenters. The second-order valence-electron chi connectivity index (χ2n) is 6.94. The van der Waals surface area contributed by atoms with Crippen molar-refractivity contribution in [2.75, 3.05) is 18.8 Å². The van der Waals surface area contributed by atoms with E-state index in [1.54, 1.807) is 6.20 Å². The van der Waals surface area contributed by atoms with Crippen molar-refractivity contribution in [3.05, 3.63) is 66.2 Å². The highest BCUT2D eigenvalue weighted by atomic mass is 32.2. The number of aromatic nitrogens is 4. The molecule has 150 valence electrons. The molecule has 0 atom stereocenters. The number of nitrogens with one attached hydrogen (secondary N) is 1. The fraction of sp³-hybridized carbons (Fsp3) is 0.333. The van der Waals surface area contributed by atoms with E-state index in [2.05, 4.69) is 30.0 Å². The van der Waals surface area contributed by atoms with Gasteiger partial charge < -0.3 is 5.32 Å². The Labute approximate surface area is 174 Å². The third-order valence-corrected chi connectivity index (χ3v) is 5.73. The smallest absolute Gasteiger partial charge is 0.230 e. The molecule has 1 aliphatic heterocycles. The molecule has 4 rings (SSSR count). The third kappa shape index (κ3) is 5.21. The number of para-hydroxylation sites is 1. The predicted octanol–water partition coefficient (Wildman–Crippen LogP) is 2.67. The van der Waals surface area contributed by atoms with Crippen LogP contribution < -0.4 is 5.32 Å². The van der Waals surface area contributed by atoms with Gasteiger partial charge in [-0.15, -0.1) is 10.2 Å². The Bertz CT molecular complexity index is 925. The van der Waals surface area contributed by atoms with Crippen LogP contribution in [0.1, 0.15) is 24.4 Å². The van der Waals surface area contributed by atoms with Crippen LogP contribution in [0.3, 0.4) is 0 Å². The number of carbonyl (C=O) groups is 1. The van der Waals surface area contributed by atoms with E-state index in [0.717, 1.165) is 42.0 Å². The minimum Gasteiger partial charge on any atom is -0.350 e. The van der Waals surface area contributed by atoms with E-state index in [1.165, 1.54) is 24.6 Å². The molecule has 0 spiro atoms. The first-order valence-corrected chi connectivity index (χ1v) is 10.8. The summed E-state index contributed by atoms with van der Waals surface area (Å²) in [6, 6.07) is 15.7. The number of rotatable bonds is 8. The fourth-order valence-electron chi connectivity index (χ4n) is 3.35. The van der Waals surface area contributed by atoms with Gasteiger partial charge in [0.15, 0.2) is 11.0 Å². The molecule has 1 N–H and O–H groups in total. The molecule has 1 saturated heterocycles. The van der Waals surface area contributed by atoms with Crippen molar-refractivity contribution in [1.82, 2.24) is 30.0 Å². The molecule has 3 aromatic rings. The number of benzene rings is 1. The van der Waals surface area contributed by atoms with Gasteiger partial charge in [0.25, 0.3) is 0 Å². The van der Waals surface area contributed by atoms with E-state index >= 15 is 0 Å². The molecule has 1 fully saturated rings. The number of amides is 1. The molecule has 7 nitrogen and oxygen atoms in total. The molecule has 1 aliphatic rings. The van der Waals surface area contributed by atoms with E-state index in [4.69, 9.17) is 0 Å². The number of thioether (sulfide) groups is 1. The lowest BCUT2D eigenvalue weighted by atomic mass is 10.3. The van der Waals surface area contributed by atoms with Crippen LogP contribution in [-0.4, -0.2) is 49.4 Å². The Balaban J connectivity index is 1.43. The Hall–Kier alpha value is -2.71. The minimum atomic E-state index is -0.0515. The van der Waals surface area contributed by atoms with Crippen LogP contribution in [-0.2, 0) is 17.9 Å². The first-order chi connectivity index (χ1) is 14.3. The van der Waals surface area contributed by atoms with Crippen molar-refractivity contribution in [2.24, 2.45) is 0 Å². The van der Waals surface area contributed by atoms with Gasteiger partial charge in [0.05, 0.1) is 24.5 Å². The largest absolute Gasteiger partial charge is 0.350 e. The van der Waals surface area contributed by atoms with Crippen LogP contribution in [0.5, 0.6) is 0 Å². The zero-order valence-corrected chi connectivity index (χ0v) is 17.0. The lowest BCUT2D eigenvalue weighted by molar-refractivity contribution is -0.118. The number of hydrogen-bond acceptors (Lipinski definition) is 6. The number of carbonyl (C=O) groups excluding carboxylic acids is 1. The van der Waals surface area contributed by atoms with Gasteiger partial charge >= 0.3 is 0 Å². The number of pyridine rings is 1. The first kappa shape index (κ1) is 19.6. The van der Waals surface area contributed by atoms with Gasteiger partial charge in [-0.1, -0.05) is 36.0 Å². The monoisotopic (exact) mass is 408 g/mol. The average molecular weight is 409 g/mol. The third-order valence-electron chi connectivity index (χ3n) is 4.80. The van der Waals surface area contributed by atoms with Gasteiger partial charge in [0.1, 0.15) is 0 Å². The first-order valence-electron chi connectivity index (χ1n) is 9.81. The molecule has 8 heteroatoms. The average Bonchev–Trinajstić information content (AvgIpc) is 3.42. The molecular weight excluding hydrogens is 384 g/mol. The SMILES string of the molecule is O=C(CSc1nnc(CN2CCCC2)n1-c1ccccc1)NCc1ccccn1. The van der Waals surface area contributed by atoms with Gasteiger partial charge in [0.2, 0.25) is 5.91 Å². The van der Waals surface area contributed by atoms with Crippen molar-refractivity contribution >= 4 is 17.7 Å². The Morgan fingerprint density at radius 3 is 2.59 bits per heavy atom. The molecule has 3 heterocycles. The highest BCUT2D eigenvalue weighted by Gasteiger charge is 2.20. The van der Waals surface area contributed by atoms with Crippen molar-refractivity contribution in [2.45, 2.75) is 31.1 Å². The Morgan fingerprint density at radius 1 is 1.03 bits per heavy atom. The highest BCUT2D eigenvalue weighted by Crippen LogP contribution is 2.23. The minimum absolute atomic E-state index is 0.0515. The summed E-state index contributed by atoms with van der Waals surface area (Å²) in [5.74, 6) is 1.14. The van der Waals surface area contributed by atoms with Gasteiger partial charge in [-0.25, -0.2) is 0 Å². The Morgan fingerprint density at radius 2 is 1.83 bits per heavy atom. The maximum absolute atomic E-state index is 12.3. The lowest BCUT2D eigenvalue weighted by Crippen LogP contribution is -2.25. The predicted molar refractivity (Wildman–Crippen MR) is 113 cm³/mol. The summed E-state index contributed by atoms with van der Waals surface area (Å²) in [5, 5.41) is 12.5. The number of likely N-dealkylation sites (tertiary alicyclic amines) is 1. The molecule has 2 aromatic heterocycles. The molecule has 1 amide bonds. The van der Waals surface area contributed by atoms with Crippen molar-refractivity contribution in [3.63, 3.8) is 0 Å². The van der Waals surface area contributed by atoms with Gasteiger partial charge in [-0.3, -0.25) is 19.2 Å². The van der Waals surface area contributed by atoms with E-state index in [1.807, 2.05) is 48.5 Å². The second kappa shape index (κ2) is 9.67.